The van der Waals surface area contributed by atoms with Gasteiger partial charge in [0.1, 0.15) is 11.5 Å². The van der Waals surface area contributed by atoms with Gasteiger partial charge in [-0.15, -0.1) is 11.8 Å². The van der Waals surface area contributed by atoms with E-state index in [0.717, 1.165) is 47.3 Å². The predicted molar refractivity (Wildman–Crippen MR) is 117 cm³/mol. The summed E-state index contributed by atoms with van der Waals surface area (Å²) in [4.78, 5) is 13.8. The van der Waals surface area contributed by atoms with Gasteiger partial charge in [-0.2, -0.15) is 0 Å². The first-order valence-electron chi connectivity index (χ1n) is 9.76. The van der Waals surface area contributed by atoms with Crippen molar-refractivity contribution >= 4 is 23.4 Å². The molecule has 5 heteroatoms. The van der Waals surface area contributed by atoms with Crippen molar-refractivity contribution in [3.63, 3.8) is 0 Å². The number of hydrogen-bond acceptors (Lipinski definition) is 4. The summed E-state index contributed by atoms with van der Waals surface area (Å²) < 4.78 is 11.5. The minimum absolute atomic E-state index is 0.114. The van der Waals surface area contributed by atoms with E-state index in [1.165, 1.54) is 0 Å². The van der Waals surface area contributed by atoms with Crippen LogP contribution in [-0.4, -0.2) is 24.4 Å². The molecule has 1 aliphatic heterocycles. The lowest BCUT2D eigenvalue weighted by Crippen LogP contribution is -2.14. The third-order valence-corrected chi connectivity index (χ3v) is 5.88. The Morgan fingerprint density at radius 2 is 1.69 bits per heavy atom. The van der Waals surface area contributed by atoms with Crippen molar-refractivity contribution in [1.29, 1.82) is 0 Å². The Hall–Kier alpha value is -2.76. The molecule has 1 atom stereocenters. The molecule has 0 aromatic heterocycles. The van der Waals surface area contributed by atoms with E-state index >= 15 is 0 Å². The largest absolute Gasteiger partial charge is 0.457 e. The van der Waals surface area contributed by atoms with Gasteiger partial charge in [-0.25, -0.2) is 0 Å². The molecule has 1 saturated heterocycles. The molecular weight excluding hydrogens is 382 g/mol. The molecule has 1 fully saturated rings. The summed E-state index contributed by atoms with van der Waals surface area (Å²) in [7, 11) is 0. The number of nitrogens with one attached hydrogen (secondary N) is 1. The van der Waals surface area contributed by atoms with E-state index in [1.807, 2.05) is 78.9 Å². The molecule has 0 bridgehead atoms. The van der Waals surface area contributed by atoms with E-state index in [1.54, 1.807) is 11.8 Å². The average Bonchev–Trinajstić information content (AvgIpc) is 3.28. The summed E-state index contributed by atoms with van der Waals surface area (Å²) in [6.45, 7) is 0.845. The first-order valence-corrected chi connectivity index (χ1v) is 10.7. The van der Waals surface area contributed by atoms with Gasteiger partial charge in [-0.05, 0) is 61.4 Å². The molecule has 4 rings (SSSR count). The van der Waals surface area contributed by atoms with Crippen LogP contribution >= 0.6 is 11.8 Å². The molecule has 1 heterocycles. The van der Waals surface area contributed by atoms with Crippen molar-refractivity contribution < 1.29 is 14.3 Å². The van der Waals surface area contributed by atoms with Crippen molar-refractivity contribution in [2.45, 2.75) is 23.8 Å². The molecule has 1 N–H and O–H groups in total. The van der Waals surface area contributed by atoms with Crippen LogP contribution in [0.3, 0.4) is 0 Å². The van der Waals surface area contributed by atoms with E-state index in [4.69, 9.17) is 9.47 Å². The maximum atomic E-state index is 12.8. The molecule has 3 aromatic carbocycles. The number of amides is 1. The van der Waals surface area contributed by atoms with Gasteiger partial charge in [-0.3, -0.25) is 4.79 Å². The highest BCUT2D eigenvalue weighted by Gasteiger charge is 2.18. The molecule has 0 saturated carbocycles. The Morgan fingerprint density at radius 1 is 0.966 bits per heavy atom. The van der Waals surface area contributed by atoms with Crippen LogP contribution in [0.2, 0.25) is 0 Å². The van der Waals surface area contributed by atoms with Crippen LogP contribution in [0.15, 0.2) is 83.8 Å². The van der Waals surface area contributed by atoms with Crippen molar-refractivity contribution in [2.24, 2.45) is 0 Å². The Bertz CT molecular complexity index is 938. The lowest BCUT2D eigenvalue weighted by atomic mass is 10.2. The van der Waals surface area contributed by atoms with Crippen molar-refractivity contribution in [3.8, 4) is 11.5 Å². The van der Waals surface area contributed by atoms with Crippen LogP contribution in [0.1, 0.15) is 23.2 Å². The number of anilines is 1. The molecule has 1 amide bonds. The topological polar surface area (TPSA) is 47.6 Å². The summed E-state index contributed by atoms with van der Waals surface area (Å²) in [5.74, 6) is 2.26. The van der Waals surface area contributed by atoms with Crippen molar-refractivity contribution in [2.75, 3.05) is 17.7 Å². The smallest absolute Gasteiger partial charge is 0.256 e. The highest BCUT2D eigenvalue weighted by Crippen LogP contribution is 2.28. The summed E-state index contributed by atoms with van der Waals surface area (Å²) in [5.41, 5.74) is 1.41. The third-order valence-electron chi connectivity index (χ3n) is 4.67. The number of ether oxygens (including phenoxy) is 2. The minimum atomic E-state index is -0.114. The zero-order valence-electron chi connectivity index (χ0n) is 16.0. The van der Waals surface area contributed by atoms with Crippen molar-refractivity contribution in [3.05, 3.63) is 84.4 Å². The van der Waals surface area contributed by atoms with E-state index in [2.05, 4.69) is 5.32 Å². The van der Waals surface area contributed by atoms with Gasteiger partial charge in [0.15, 0.2) is 0 Å². The van der Waals surface area contributed by atoms with E-state index in [0.29, 0.717) is 5.56 Å². The molecule has 0 spiro atoms. The highest BCUT2D eigenvalue weighted by molar-refractivity contribution is 7.99. The van der Waals surface area contributed by atoms with E-state index < -0.39 is 0 Å². The Kier molecular flexibility index (Phi) is 6.49. The van der Waals surface area contributed by atoms with Crippen LogP contribution in [0.25, 0.3) is 0 Å². The maximum Gasteiger partial charge on any atom is 0.256 e. The zero-order valence-corrected chi connectivity index (χ0v) is 16.9. The number of para-hydroxylation sites is 1. The molecule has 1 aliphatic rings. The van der Waals surface area contributed by atoms with Crippen molar-refractivity contribution in [1.82, 2.24) is 0 Å². The lowest BCUT2D eigenvalue weighted by Gasteiger charge is -2.13. The number of carbonyl (C=O) groups is 1. The zero-order chi connectivity index (χ0) is 19.9. The summed E-state index contributed by atoms with van der Waals surface area (Å²) >= 11 is 1.68. The fourth-order valence-corrected chi connectivity index (χ4v) is 4.29. The van der Waals surface area contributed by atoms with Gasteiger partial charge in [0.25, 0.3) is 5.91 Å². The molecule has 148 valence electrons. The second-order valence-electron chi connectivity index (χ2n) is 6.84. The van der Waals surface area contributed by atoms with Crippen LogP contribution in [0.4, 0.5) is 5.69 Å². The van der Waals surface area contributed by atoms with Gasteiger partial charge >= 0.3 is 0 Å². The standard InChI is InChI=1S/C24H23NO3S/c26-24(22-10-4-5-11-23(22)29-17-21-9-6-16-27-21)25-18-12-14-20(15-13-18)28-19-7-2-1-3-8-19/h1-5,7-8,10-15,21H,6,9,16-17H2,(H,25,26)/t21-/m1/s1. The molecule has 0 unspecified atom stereocenters. The van der Waals surface area contributed by atoms with Crippen LogP contribution in [0.5, 0.6) is 11.5 Å². The first-order chi connectivity index (χ1) is 14.3. The van der Waals surface area contributed by atoms with Crippen LogP contribution in [0, 0.1) is 0 Å². The third kappa shape index (κ3) is 5.40. The molecule has 0 aliphatic carbocycles. The SMILES string of the molecule is O=C(Nc1ccc(Oc2ccccc2)cc1)c1ccccc1SC[C@H]1CCCO1. The summed E-state index contributed by atoms with van der Waals surface area (Å²) in [5, 5.41) is 2.98. The highest BCUT2D eigenvalue weighted by atomic mass is 32.2. The van der Waals surface area contributed by atoms with Gasteiger partial charge in [0, 0.05) is 22.9 Å². The Morgan fingerprint density at radius 3 is 2.45 bits per heavy atom. The Labute approximate surface area is 175 Å². The van der Waals surface area contributed by atoms with Gasteiger partial charge in [-0.1, -0.05) is 30.3 Å². The lowest BCUT2D eigenvalue weighted by molar-refractivity contribution is 0.102. The molecule has 0 radical (unpaired) electrons. The summed E-state index contributed by atoms with van der Waals surface area (Å²) in [6, 6.07) is 24.7. The minimum Gasteiger partial charge on any atom is -0.457 e. The predicted octanol–water partition coefficient (Wildman–Crippen LogP) is 6.00. The van der Waals surface area contributed by atoms with E-state index in [9.17, 15) is 4.79 Å². The number of rotatable bonds is 7. The number of carbonyl (C=O) groups excluding carboxylic acids is 1. The van der Waals surface area contributed by atoms with Crippen LogP contribution < -0.4 is 10.1 Å². The monoisotopic (exact) mass is 405 g/mol. The number of benzene rings is 3. The second-order valence-corrected chi connectivity index (χ2v) is 7.90. The van der Waals surface area contributed by atoms with Gasteiger partial charge in [0.05, 0.1) is 11.7 Å². The van der Waals surface area contributed by atoms with Crippen LogP contribution in [-0.2, 0) is 4.74 Å². The normalized spacial score (nSPS) is 15.8. The number of hydrogen-bond donors (Lipinski definition) is 1. The van der Waals surface area contributed by atoms with Gasteiger partial charge in [0.2, 0.25) is 0 Å². The fourth-order valence-electron chi connectivity index (χ4n) is 3.17. The van der Waals surface area contributed by atoms with E-state index in [-0.39, 0.29) is 12.0 Å². The molecule has 4 nitrogen and oxygen atoms in total. The first kappa shape index (κ1) is 19.6. The molecule has 3 aromatic rings. The summed E-state index contributed by atoms with van der Waals surface area (Å²) in [6.07, 6.45) is 2.50. The molecule has 29 heavy (non-hydrogen) atoms. The average molecular weight is 406 g/mol. The quantitative estimate of drug-likeness (QED) is 0.490. The number of thioether (sulfide) groups is 1. The maximum absolute atomic E-state index is 12.8. The van der Waals surface area contributed by atoms with Gasteiger partial charge < -0.3 is 14.8 Å². The second kappa shape index (κ2) is 9.63. The molecular formula is C24H23NO3S. The Balaban J connectivity index is 1.38. The fraction of sp³-hybridized carbons (Fsp3) is 0.208.